The standard InChI is InChI=1S/C9H19NO2S/c1-4-7(2)8(10)5-13-6-9(11)12-3/h7-8H,4-6,10H2,1-3H3. The summed E-state index contributed by atoms with van der Waals surface area (Å²) in [5.41, 5.74) is 5.88. The molecule has 78 valence electrons. The van der Waals surface area contributed by atoms with Crippen LogP contribution < -0.4 is 5.73 Å². The summed E-state index contributed by atoms with van der Waals surface area (Å²) in [4.78, 5) is 10.7. The van der Waals surface area contributed by atoms with Crippen LogP contribution in [0.3, 0.4) is 0 Å². The molecule has 0 fully saturated rings. The second-order valence-corrected chi connectivity index (χ2v) is 4.17. The van der Waals surface area contributed by atoms with Crippen LogP contribution in [0.1, 0.15) is 20.3 Å². The summed E-state index contributed by atoms with van der Waals surface area (Å²) < 4.78 is 4.52. The van der Waals surface area contributed by atoms with Crippen LogP contribution >= 0.6 is 11.8 Å². The fraction of sp³-hybridized carbons (Fsp3) is 0.889. The number of nitrogens with two attached hydrogens (primary N) is 1. The van der Waals surface area contributed by atoms with Gasteiger partial charge >= 0.3 is 5.97 Å². The Labute approximate surface area is 84.4 Å². The minimum atomic E-state index is -0.179. The second kappa shape index (κ2) is 7.21. The van der Waals surface area contributed by atoms with Gasteiger partial charge in [0.15, 0.2) is 0 Å². The van der Waals surface area contributed by atoms with Crippen molar-refractivity contribution in [1.29, 1.82) is 0 Å². The summed E-state index contributed by atoms with van der Waals surface area (Å²) in [6, 6.07) is 0.180. The summed E-state index contributed by atoms with van der Waals surface area (Å²) in [5, 5.41) is 0. The third-order valence-electron chi connectivity index (χ3n) is 2.13. The predicted octanol–water partition coefficient (Wildman–Crippen LogP) is 1.27. The van der Waals surface area contributed by atoms with Gasteiger partial charge in [0.1, 0.15) is 0 Å². The maximum Gasteiger partial charge on any atom is 0.315 e. The van der Waals surface area contributed by atoms with E-state index in [4.69, 9.17) is 5.73 Å². The normalized spacial score (nSPS) is 15.1. The molecule has 0 spiro atoms. The van der Waals surface area contributed by atoms with E-state index < -0.39 is 0 Å². The average Bonchev–Trinajstić information content (AvgIpc) is 2.15. The summed E-state index contributed by atoms with van der Waals surface area (Å²) >= 11 is 1.54. The van der Waals surface area contributed by atoms with E-state index in [-0.39, 0.29) is 12.0 Å². The Hall–Kier alpha value is -0.220. The van der Waals surface area contributed by atoms with Gasteiger partial charge in [0, 0.05) is 11.8 Å². The van der Waals surface area contributed by atoms with Crippen LogP contribution in [0.2, 0.25) is 0 Å². The van der Waals surface area contributed by atoms with Crippen LogP contribution in [0.5, 0.6) is 0 Å². The largest absolute Gasteiger partial charge is 0.468 e. The molecule has 2 N–H and O–H groups in total. The van der Waals surface area contributed by atoms with Crippen molar-refractivity contribution in [2.24, 2.45) is 11.7 Å². The number of carbonyl (C=O) groups is 1. The van der Waals surface area contributed by atoms with Gasteiger partial charge in [-0.3, -0.25) is 4.79 Å². The smallest absolute Gasteiger partial charge is 0.315 e. The Morgan fingerprint density at radius 3 is 2.69 bits per heavy atom. The van der Waals surface area contributed by atoms with Crippen LogP contribution in [0, 0.1) is 5.92 Å². The first kappa shape index (κ1) is 12.8. The van der Waals surface area contributed by atoms with Crippen molar-refractivity contribution < 1.29 is 9.53 Å². The number of esters is 1. The molecule has 0 rings (SSSR count). The highest BCUT2D eigenvalue weighted by Crippen LogP contribution is 2.11. The van der Waals surface area contributed by atoms with Crippen molar-refractivity contribution in [2.75, 3.05) is 18.6 Å². The molecule has 0 amide bonds. The monoisotopic (exact) mass is 205 g/mol. The molecule has 4 heteroatoms. The number of ether oxygens (including phenoxy) is 1. The van der Waals surface area contributed by atoms with Crippen molar-refractivity contribution in [3.05, 3.63) is 0 Å². The molecule has 0 saturated carbocycles. The molecule has 3 nitrogen and oxygen atoms in total. The Morgan fingerprint density at radius 1 is 1.62 bits per heavy atom. The molecule has 0 aromatic carbocycles. The van der Waals surface area contributed by atoms with E-state index in [9.17, 15) is 4.79 Å². The minimum absolute atomic E-state index is 0.179. The lowest BCUT2D eigenvalue weighted by molar-refractivity contribution is -0.137. The lowest BCUT2D eigenvalue weighted by Crippen LogP contribution is -2.30. The van der Waals surface area contributed by atoms with E-state index in [1.807, 2.05) is 0 Å². The van der Waals surface area contributed by atoms with Crippen molar-refractivity contribution in [3.63, 3.8) is 0 Å². The average molecular weight is 205 g/mol. The Balaban J connectivity index is 3.47. The number of hydrogen-bond donors (Lipinski definition) is 1. The van der Waals surface area contributed by atoms with Crippen LogP contribution in [0.4, 0.5) is 0 Å². The van der Waals surface area contributed by atoms with Gasteiger partial charge in [0.05, 0.1) is 12.9 Å². The summed E-state index contributed by atoms with van der Waals surface area (Å²) in [5.74, 6) is 1.57. The zero-order valence-corrected chi connectivity index (χ0v) is 9.39. The molecular formula is C9H19NO2S. The Bertz CT molecular complexity index is 153. The molecule has 2 atom stereocenters. The van der Waals surface area contributed by atoms with Crippen molar-refractivity contribution >= 4 is 17.7 Å². The second-order valence-electron chi connectivity index (χ2n) is 3.14. The molecular weight excluding hydrogens is 186 g/mol. The molecule has 2 unspecified atom stereocenters. The topological polar surface area (TPSA) is 52.3 Å². The number of carbonyl (C=O) groups excluding carboxylic acids is 1. The van der Waals surface area contributed by atoms with Gasteiger partial charge in [-0.15, -0.1) is 11.8 Å². The predicted molar refractivity (Wildman–Crippen MR) is 56.8 cm³/mol. The SMILES string of the molecule is CCC(C)C(N)CSCC(=O)OC. The number of methoxy groups -OCH3 is 1. The first-order chi connectivity index (χ1) is 6.11. The van der Waals surface area contributed by atoms with E-state index >= 15 is 0 Å². The van der Waals surface area contributed by atoms with E-state index in [0.29, 0.717) is 11.7 Å². The highest BCUT2D eigenvalue weighted by Gasteiger charge is 2.11. The van der Waals surface area contributed by atoms with Gasteiger partial charge in [-0.25, -0.2) is 0 Å². The van der Waals surface area contributed by atoms with Gasteiger partial charge in [-0.2, -0.15) is 0 Å². The molecule has 0 aliphatic carbocycles. The Morgan fingerprint density at radius 2 is 2.23 bits per heavy atom. The first-order valence-electron chi connectivity index (χ1n) is 4.52. The third-order valence-corrected chi connectivity index (χ3v) is 3.19. The maximum absolute atomic E-state index is 10.7. The van der Waals surface area contributed by atoms with E-state index in [1.165, 1.54) is 18.9 Å². The third kappa shape index (κ3) is 5.93. The maximum atomic E-state index is 10.7. The van der Waals surface area contributed by atoms with E-state index in [1.54, 1.807) is 0 Å². The fourth-order valence-electron chi connectivity index (χ4n) is 0.804. The van der Waals surface area contributed by atoms with Gasteiger partial charge in [0.25, 0.3) is 0 Å². The van der Waals surface area contributed by atoms with Gasteiger partial charge in [0.2, 0.25) is 0 Å². The first-order valence-corrected chi connectivity index (χ1v) is 5.67. The van der Waals surface area contributed by atoms with E-state index in [2.05, 4.69) is 18.6 Å². The Kier molecular flexibility index (Phi) is 7.09. The lowest BCUT2D eigenvalue weighted by atomic mass is 10.0. The van der Waals surface area contributed by atoms with E-state index in [0.717, 1.165) is 12.2 Å². The van der Waals surface area contributed by atoms with Crippen molar-refractivity contribution in [2.45, 2.75) is 26.3 Å². The van der Waals surface area contributed by atoms with Crippen LogP contribution in [0.25, 0.3) is 0 Å². The van der Waals surface area contributed by atoms with Crippen LogP contribution in [-0.2, 0) is 9.53 Å². The fourth-order valence-corrected chi connectivity index (χ4v) is 1.81. The van der Waals surface area contributed by atoms with Crippen LogP contribution in [0.15, 0.2) is 0 Å². The molecule has 0 bridgehead atoms. The molecule has 0 aliphatic rings. The lowest BCUT2D eigenvalue weighted by Gasteiger charge is -2.17. The molecule has 0 radical (unpaired) electrons. The van der Waals surface area contributed by atoms with Gasteiger partial charge < -0.3 is 10.5 Å². The molecule has 0 aromatic heterocycles. The quantitative estimate of drug-likeness (QED) is 0.663. The van der Waals surface area contributed by atoms with Crippen LogP contribution in [-0.4, -0.2) is 30.6 Å². The molecule has 0 saturated heterocycles. The highest BCUT2D eigenvalue weighted by atomic mass is 32.2. The molecule has 0 aromatic rings. The summed E-state index contributed by atoms with van der Waals surface area (Å²) in [6.07, 6.45) is 1.08. The summed E-state index contributed by atoms with van der Waals surface area (Å²) in [7, 11) is 1.40. The van der Waals surface area contributed by atoms with Gasteiger partial charge in [-0.05, 0) is 5.92 Å². The van der Waals surface area contributed by atoms with Gasteiger partial charge in [-0.1, -0.05) is 20.3 Å². The van der Waals surface area contributed by atoms with Crippen molar-refractivity contribution in [1.82, 2.24) is 0 Å². The molecule has 0 aliphatic heterocycles. The molecule has 0 heterocycles. The minimum Gasteiger partial charge on any atom is -0.468 e. The number of rotatable bonds is 6. The molecule has 13 heavy (non-hydrogen) atoms. The zero-order chi connectivity index (χ0) is 10.3. The highest BCUT2D eigenvalue weighted by molar-refractivity contribution is 7.99. The zero-order valence-electron chi connectivity index (χ0n) is 8.58. The van der Waals surface area contributed by atoms with Crippen molar-refractivity contribution in [3.8, 4) is 0 Å². The number of thioether (sulfide) groups is 1. The summed E-state index contributed by atoms with van der Waals surface area (Å²) in [6.45, 7) is 4.25. The number of hydrogen-bond acceptors (Lipinski definition) is 4.